The normalized spacial score (nSPS) is 16.8. The second-order valence-electron chi connectivity index (χ2n) is 5.58. The Morgan fingerprint density at radius 3 is 2.60 bits per heavy atom. The van der Waals surface area contributed by atoms with Gasteiger partial charge in [0.25, 0.3) is 0 Å². The van der Waals surface area contributed by atoms with Gasteiger partial charge in [0, 0.05) is 39.3 Å². The standard InChI is InChI=1S/C14H24ClN5/c1-4-16-14-17-9-12(15)13(18-14)20-7-5-19(6-8-20)10-11(2)3/h9,11H,4-8,10H2,1-3H3,(H,16,17,18). The van der Waals surface area contributed by atoms with E-state index in [4.69, 9.17) is 11.6 Å². The maximum absolute atomic E-state index is 6.24. The first-order chi connectivity index (χ1) is 9.60. The predicted molar refractivity (Wildman–Crippen MR) is 84.7 cm³/mol. The van der Waals surface area contributed by atoms with Gasteiger partial charge >= 0.3 is 0 Å². The fourth-order valence-electron chi connectivity index (χ4n) is 2.48. The lowest BCUT2D eigenvalue weighted by Crippen LogP contribution is -2.47. The minimum atomic E-state index is 0.629. The summed E-state index contributed by atoms with van der Waals surface area (Å²) in [5.74, 6) is 2.21. The van der Waals surface area contributed by atoms with Crippen LogP contribution in [0.1, 0.15) is 20.8 Å². The smallest absolute Gasteiger partial charge is 0.224 e. The summed E-state index contributed by atoms with van der Waals surface area (Å²) >= 11 is 6.24. The van der Waals surface area contributed by atoms with E-state index in [0.29, 0.717) is 16.9 Å². The molecular weight excluding hydrogens is 274 g/mol. The van der Waals surface area contributed by atoms with E-state index in [1.165, 1.54) is 0 Å². The number of hydrogen-bond acceptors (Lipinski definition) is 5. The summed E-state index contributed by atoms with van der Waals surface area (Å²) in [4.78, 5) is 13.5. The summed E-state index contributed by atoms with van der Waals surface area (Å²) in [5.41, 5.74) is 0. The molecule has 1 saturated heterocycles. The molecule has 0 amide bonds. The van der Waals surface area contributed by atoms with Crippen LogP contribution >= 0.6 is 11.6 Å². The van der Waals surface area contributed by atoms with Gasteiger partial charge in [0.15, 0.2) is 5.82 Å². The van der Waals surface area contributed by atoms with Crippen molar-refractivity contribution in [3.63, 3.8) is 0 Å². The lowest BCUT2D eigenvalue weighted by molar-refractivity contribution is 0.231. The van der Waals surface area contributed by atoms with Crippen LogP contribution in [0.3, 0.4) is 0 Å². The van der Waals surface area contributed by atoms with Gasteiger partial charge in [0.1, 0.15) is 5.02 Å². The van der Waals surface area contributed by atoms with Crippen LogP contribution in [0, 0.1) is 5.92 Å². The van der Waals surface area contributed by atoms with E-state index in [1.807, 2.05) is 6.92 Å². The molecule has 112 valence electrons. The van der Waals surface area contributed by atoms with Gasteiger partial charge in [0.2, 0.25) is 5.95 Å². The number of halogens is 1. The van der Waals surface area contributed by atoms with E-state index in [0.717, 1.165) is 45.1 Å². The van der Waals surface area contributed by atoms with Gasteiger partial charge in [-0.25, -0.2) is 4.98 Å². The fraction of sp³-hybridized carbons (Fsp3) is 0.714. The topological polar surface area (TPSA) is 44.3 Å². The van der Waals surface area contributed by atoms with Crippen molar-refractivity contribution in [2.24, 2.45) is 5.92 Å². The van der Waals surface area contributed by atoms with E-state index >= 15 is 0 Å². The minimum Gasteiger partial charge on any atom is -0.354 e. The summed E-state index contributed by atoms with van der Waals surface area (Å²) in [6, 6.07) is 0. The molecule has 1 fully saturated rings. The molecule has 0 bridgehead atoms. The number of nitrogens with zero attached hydrogens (tertiary/aromatic N) is 4. The monoisotopic (exact) mass is 297 g/mol. The lowest BCUT2D eigenvalue weighted by Gasteiger charge is -2.36. The molecule has 0 unspecified atom stereocenters. The van der Waals surface area contributed by atoms with E-state index in [2.05, 4.69) is 38.9 Å². The molecule has 0 aliphatic carbocycles. The Balaban J connectivity index is 2.00. The molecule has 5 nitrogen and oxygen atoms in total. The minimum absolute atomic E-state index is 0.629. The molecule has 0 spiro atoms. The summed E-state index contributed by atoms with van der Waals surface area (Å²) < 4.78 is 0. The number of hydrogen-bond donors (Lipinski definition) is 1. The average molecular weight is 298 g/mol. The van der Waals surface area contributed by atoms with Crippen LogP contribution in [0.5, 0.6) is 0 Å². The molecule has 1 N–H and O–H groups in total. The highest BCUT2D eigenvalue weighted by atomic mass is 35.5. The molecule has 1 aliphatic rings. The van der Waals surface area contributed by atoms with Crippen molar-refractivity contribution in [3.8, 4) is 0 Å². The van der Waals surface area contributed by atoms with E-state index < -0.39 is 0 Å². The van der Waals surface area contributed by atoms with Crippen molar-refractivity contribution >= 4 is 23.4 Å². The zero-order valence-corrected chi connectivity index (χ0v) is 13.3. The Labute approximate surface area is 126 Å². The quantitative estimate of drug-likeness (QED) is 0.904. The molecule has 6 heteroatoms. The van der Waals surface area contributed by atoms with Crippen LogP contribution in [0.15, 0.2) is 6.20 Å². The van der Waals surface area contributed by atoms with Crippen molar-refractivity contribution < 1.29 is 0 Å². The highest BCUT2D eigenvalue weighted by Gasteiger charge is 2.20. The second-order valence-corrected chi connectivity index (χ2v) is 5.98. The number of rotatable bonds is 5. The highest BCUT2D eigenvalue weighted by molar-refractivity contribution is 6.32. The molecule has 0 radical (unpaired) electrons. The Hall–Kier alpha value is -1.07. The summed E-state index contributed by atoms with van der Waals surface area (Å²) in [7, 11) is 0. The molecule has 20 heavy (non-hydrogen) atoms. The third-order valence-electron chi connectivity index (χ3n) is 3.36. The van der Waals surface area contributed by atoms with Gasteiger partial charge in [-0.05, 0) is 12.8 Å². The Bertz CT molecular complexity index is 430. The number of piperazine rings is 1. The van der Waals surface area contributed by atoms with Gasteiger partial charge in [-0.2, -0.15) is 4.98 Å². The third kappa shape index (κ3) is 3.96. The second kappa shape index (κ2) is 7.09. The Morgan fingerprint density at radius 2 is 2.00 bits per heavy atom. The molecule has 1 aliphatic heterocycles. The Morgan fingerprint density at radius 1 is 1.30 bits per heavy atom. The molecule has 2 rings (SSSR count). The maximum Gasteiger partial charge on any atom is 0.224 e. The van der Waals surface area contributed by atoms with E-state index in [9.17, 15) is 0 Å². The van der Waals surface area contributed by atoms with Gasteiger partial charge in [-0.3, -0.25) is 4.90 Å². The van der Waals surface area contributed by atoms with Crippen molar-refractivity contribution in [1.82, 2.24) is 14.9 Å². The van der Waals surface area contributed by atoms with Gasteiger partial charge in [-0.1, -0.05) is 25.4 Å². The molecule has 0 atom stereocenters. The van der Waals surface area contributed by atoms with Gasteiger partial charge in [-0.15, -0.1) is 0 Å². The molecule has 1 aromatic heterocycles. The summed E-state index contributed by atoms with van der Waals surface area (Å²) in [6.45, 7) is 12.6. The van der Waals surface area contributed by atoms with Crippen LogP contribution < -0.4 is 10.2 Å². The van der Waals surface area contributed by atoms with Crippen molar-refractivity contribution in [2.45, 2.75) is 20.8 Å². The van der Waals surface area contributed by atoms with Gasteiger partial charge in [0.05, 0.1) is 6.20 Å². The largest absolute Gasteiger partial charge is 0.354 e. The van der Waals surface area contributed by atoms with Crippen LogP contribution in [0.4, 0.5) is 11.8 Å². The average Bonchev–Trinajstić information content (AvgIpc) is 2.42. The van der Waals surface area contributed by atoms with Crippen LogP contribution in [0.2, 0.25) is 5.02 Å². The zero-order chi connectivity index (χ0) is 14.5. The van der Waals surface area contributed by atoms with Gasteiger partial charge < -0.3 is 10.2 Å². The first-order valence-electron chi connectivity index (χ1n) is 7.34. The van der Waals surface area contributed by atoms with Crippen molar-refractivity contribution in [2.75, 3.05) is 49.5 Å². The molecule has 2 heterocycles. The predicted octanol–water partition coefficient (Wildman–Crippen LogP) is 2.34. The maximum atomic E-state index is 6.24. The van der Waals surface area contributed by atoms with E-state index in [1.54, 1.807) is 6.20 Å². The SMILES string of the molecule is CCNc1ncc(Cl)c(N2CCN(CC(C)C)CC2)n1. The van der Waals surface area contributed by atoms with Crippen molar-refractivity contribution in [3.05, 3.63) is 11.2 Å². The molecule has 0 aromatic carbocycles. The first-order valence-corrected chi connectivity index (χ1v) is 7.71. The fourth-order valence-corrected chi connectivity index (χ4v) is 2.69. The number of nitrogens with one attached hydrogen (secondary N) is 1. The molecule has 0 saturated carbocycles. The first kappa shape index (κ1) is 15.3. The lowest BCUT2D eigenvalue weighted by atomic mass is 10.2. The van der Waals surface area contributed by atoms with E-state index in [-0.39, 0.29) is 0 Å². The Kier molecular flexibility index (Phi) is 5.43. The van der Waals surface area contributed by atoms with Crippen LogP contribution in [-0.4, -0.2) is 54.1 Å². The summed E-state index contributed by atoms with van der Waals surface area (Å²) in [5, 5.41) is 3.76. The number of anilines is 2. The molecule has 1 aromatic rings. The number of aromatic nitrogens is 2. The third-order valence-corrected chi connectivity index (χ3v) is 3.62. The highest BCUT2D eigenvalue weighted by Crippen LogP contribution is 2.24. The van der Waals surface area contributed by atoms with Crippen LogP contribution in [-0.2, 0) is 0 Å². The van der Waals surface area contributed by atoms with Crippen LogP contribution in [0.25, 0.3) is 0 Å². The molecular formula is C14H24ClN5. The van der Waals surface area contributed by atoms with Crippen molar-refractivity contribution in [1.29, 1.82) is 0 Å². The zero-order valence-electron chi connectivity index (χ0n) is 12.6. The summed E-state index contributed by atoms with van der Waals surface area (Å²) in [6.07, 6.45) is 1.68.